The van der Waals surface area contributed by atoms with E-state index < -0.39 is 26.9 Å². The smallest absolute Gasteiger partial charge is 0.303 e. The minimum absolute atomic E-state index is 0.0349. The number of non-ortho nitro benzene ring substituents is 1. The second-order valence-corrected chi connectivity index (χ2v) is 13.8. The molecule has 1 aromatic carbocycles. The zero-order valence-corrected chi connectivity index (χ0v) is 25.1. The zero-order chi connectivity index (χ0) is 30.1. The third kappa shape index (κ3) is 6.11. The van der Waals surface area contributed by atoms with Crippen molar-refractivity contribution in [3.63, 3.8) is 0 Å². The average Bonchev–Trinajstić information content (AvgIpc) is 3.27. The SMILES string of the molecule is CC(C)CC[C@@H](C)[C@@H]1CC[C@H]2[C@H]3CC/C(=N\Nc4ccc([N+](=O)[O-])cc4[N+](=O)[O-])[C@@](C)(CCC(=O)O)[C@@H]3CC[C@@]21C. The van der Waals surface area contributed by atoms with E-state index in [0.717, 1.165) is 37.0 Å². The molecule has 4 rings (SSSR count). The lowest BCUT2D eigenvalue weighted by Gasteiger charge is -2.57. The Balaban J connectivity index is 1.61. The molecule has 0 spiro atoms. The highest BCUT2D eigenvalue weighted by Gasteiger charge is 2.59. The van der Waals surface area contributed by atoms with Gasteiger partial charge in [-0.3, -0.25) is 30.4 Å². The number of aliphatic carboxylic acids is 1. The first-order valence-electron chi connectivity index (χ1n) is 15.3. The molecule has 2 N–H and O–H groups in total. The van der Waals surface area contributed by atoms with Crippen LogP contribution in [0.25, 0.3) is 0 Å². The average molecular weight is 571 g/mol. The molecular weight excluding hydrogens is 524 g/mol. The fraction of sp³-hybridized carbons (Fsp3) is 0.742. The number of fused-ring (bicyclic) bond motifs is 3. The number of nitro benzene ring substituents is 2. The van der Waals surface area contributed by atoms with Crippen LogP contribution in [0.2, 0.25) is 0 Å². The van der Waals surface area contributed by atoms with Crippen molar-refractivity contribution in [2.24, 2.45) is 51.4 Å². The van der Waals surface area contributed by atoms with Crippen LogP contribution in [0.5, 0.6) is 0 Å². The summed E-state index contributed by atoms with van der Waals surface area (Å²) in [5, 5.41) is 37.1. The number of hydrogen-bond donors (Lipinski definition) is 2. The summed E-state index contributed by atoms with van der Waals surface area (Å²) in [5.74, 6) is 2.70. The molecule has 3 aliphatic rings. The topological polar surface area (TPSA) is 148 Å². The van der Waals surface area contributed by atoms with Crippen LogP contribution in [0.4, 0.5) is 17.1 Å². The summed E-state index contributed by atoms with van der Waals surface area (Å²) < 4.78 is 0. The van der Waals surface area contributed by atoms with Crippen LogP contribution >= 0.6 is 0 Å². The Labute approximate surface area is 242 Å². The van der Waals surface area contributed by atoms with Crippen molar-refractivity contribution in [3.8, 4) is 0 Å². The van der Waals surface area contributed by atoms with E-state index in [0.29, 0.717) is 47.8 Å². The monoisotopic (exact) mass is 570 g/mol. The summed E-state index contributed by atoms with van der Waals surface area (Å²) in [6, 6.07) is 3.46. The molecule has 10 heteroatoms. The molecule has 3 saturated carbocycles. The van der Waals surface area contributed by atoms with Crippen LogP contribution < -0.4 is 5.43 Å². The van der Waals surface area contributed by atoms with Crippen LogP contribution in [-0.4, -0.2) is 26.6 Å². The van der Waals surface area contributed by atoms with Gasteiger partial charge in [0, 0.05) is 23.6 Å². The number of benzene rings is 1. The molecule has 226 valence electrons. The number of carboxylic acids is 1. The second kappa shape index (κ2) is 12.1. The van der Waals surface area contributed by atoms with Crippen LogP contribution in [-0.2, 0) is 4.79 Å². The maximum atomic E-state index is 11.7. The Morgan fingerprint density at radius 3 is 2.44 bits per heavy atom. The van der Waals surface area contributed by atoms with E-state index in [1.807, 2.05) is 0 Å². The number of nitro groups is 2. The van der Waals surface area contributed by atoms with Gasteiger partial charge >= 0.3 is 11.7 Å². The van der Waals surface area contributed by atoms with E-state index in [1.54, 1.807) is 0 Å². The largest absolute Gasteiger partial charge is 0.481 e. The van der Waals surface area contributed by atoms with Crippen LogP contribution in [0.15, 0.2) is 23.3 Å². The van der Waals surface area contributed by atoms with E-state index >= 15 is 0 Å². The molecule has 0 heterocycles. The van der Waals surface area contributed by atoms with Crippen LogP contribution in [0.3, 0.4) is 0 Å². The van der Waals surface area contributed by atoms with Gasteiger partial charge in [-0.25, -0.2) is 0 Å². The van der Waals surface area contributed by atoms with E-state index in [2.05, 4.69) is 45.1 Å². The molecule has 0 amide bonds. The van der Waals surface area contributed by atoms with Crippen molar-refractivity contribution < 1.29 is 19.7 Å². The van der Waals surface area contributed by atoms with Gasteiger partial charge in [-0.1, -0.05) is 47.5 Å². The maximum absolute atomic E-state index is 11.7. The number of hydrogen-bond acceptors (Lipinski definition) is 7. The highest BCUT2D eigenvalue weighted by Crippen LogP contribution is 2.66. The summed E-state index contributed by atoms with van der Waals surface area (Å²) >= 11 is 0. The number of carboxylic acid groups (broad SMARTS) is 1. The molecule has 0 bridgehead atoms. The zero-order valence-electron chi connectivity index (χ0n) is 25.1. The molecule has 0 saturated heterocycles. The second-order valence-electron chi connectivity index (χ2n) is 13.8. The Hall–Kier alpha value is -3.04. The molecule has 3 aliphatic carbocycles. The minimum Gasteiger partial charge on any atom is -0.481 e. The highest BCUT2D eigenvalue weighted by molar-refractivity contribution is 5.92. The normalized spacial score (nSPS) is 32.8. The molecular formula is C31H46N4O6. The lowest BCUT2D eigenvalue weighted by Crippen LogP contribution is -2.53. The van der Waals surface area contributed by atoms with Crippen molar-refractivity contribution in [1.82, 2.24) is 0 Å². The first kappa shape index (κ1) is 30.9. The number of nitrogens with one attached hydrogen (secondary N) is 1. The first-order chi connectivity index (χ1) is 19.3. The molecule has 0 radical (unpaired) electrons. The van der Waals surface area contributed by atoms with Crippen molar-refractivity contribution in [2.75, 3.05) is 5.43 Å². The van der Waals surface area contributed by atoms with Gasteiger partial charge in [0.1, 0.15) is 5.69 Å². The quantitative estimate of drug-likeness (QED) is 0.202. The summed E-state index contributed by atoms with van der Waals surface area (Å²) in [6.45, 7) is 11.7. The first-order valence-corrected chi connectivity index (χ1v) is 15.3. The molecule has 3 fully saturated rings. The van der Waals surface area contributed by atoms with Gasteiger partial charge in [0.2, 0.25) is 0 Å². The van der Waals surface area contributed by atoms with E-state index in [9.17, 15) is 30.1 Å². The van der Waals surface area contributed by atoms with E-state index in [1.165, 1.54) is 37.8 Å². The molecule has 0 aromatic heterocycles. The van der Waals surface area contributed by atoms with Gasteiger partial charge in [-0.2, -0.15) is 5.10 Å². The van der Waals surface area contributed by atoms with Crippen molar-refractivity contribution in [2.45, 2.75) is 98.8 Å². The molecule has 41 heavy (non-hydrogen) atoms. The Morgan fingerprint density at radius 1 is 1.07 bits per heavy atom. The molecule has 10 nitrogen and oxygen atoms in total. The fourth-order valence-corrected chi connectivity index (χ4v) is 8.94. The minimum atomic E-state index is -0.841. The predicted molar refractivity (Wildman–Crippen MR) is 159 cm³/mol. The Bertz CT molecular complexity index is 1200. The fourth-order valence-electron chi connectivity index (χ4n) is 8.94. The highest BCUT2D eigenvalue weighted by atomic mass is 16.6. The third-order valence-electron chi connectivity index (χ3n) is 11.1. The summed E-state index contributed by atoms with van der Waals surface area (Å²) in [5.41, 5.74) is 2.85. The van der Waals surface area contributed by atoms with Crippen molar-refractivity contribution in [1.29, 1.82) is 0 Å². The molecule has 1 aromatic rings. The molecule has 7 atom stereocenters. The van der Waals surface area contributed by atoms with Gasteiger partial charge in [0.25, 0.3) is 5.69 Å². The number of anilines is 1. The summed E-state index contributed by atoms with van der Waals surface area (Å²) in [4.78, 5) is 33.2. The van der Waals surface area contributed by atoms with Gasteiger partial charge in [0.05, 0.1) is 15.9 Å². The predicted octanol–water partition coefficient (Wildman–Crippen LogP) is 8.07. The van der Waals surface area contributed by atoms with Crippen molar-refractivity contribution >= 4 is 28.7 Å². The summed E-state index contributed by atoms with van der Waals surface area (Å²) in [6.07, 6.45) is 9.35. The van der Waals surface area contributed by atoms with Gasteiger partial charge in [-0.15, -0.1) is 0 Å². The van der Waals surface area contributed by atoms with E-state index in [4.69, 9.17) is 0 Å². The van der Waals surface area contributed by atoms with Gasteiger partial charge in [0.15, 0.2) is 0 Å². The van der Waals surface area contributed by atoms with Gasteiger partial charge in [-0.05, 0) is 91.9 Å². The lowest BCUT2D eigenvalue weighted by molar-refractivity contribution is -0.393. The van der Waals surface area contributed by atoms with Crippen molar-refractivity contribution in [3.05, 3.63) is 38.4 Å². The van der Waals surface area contributed by atoms with Crippen LogP contribution in [0, 0.1) is 66.6 Å². The number of carbonyl (C=O) groups is 1. The number of rotatable bonds is 11. The standard InChI is InChI=1S/C31H46N4O6/c1-19(2)6-7-20(3)23-10-11-24-22-9-13-28(31(5,17-15-29(36)37)25(22)14-16-30(23,24)4)33-32-26-12-8-21(34(38)39)18-27(26)35(40)41/h8,12,18-20,22-25,32H,6-7,9-11,13-17H2,1-5H3,(H,36,37)/b33-28+/t20-,22-,23+,24+,25-,30-,31+/m1/s1. The Kier molecular flexibility index (Phi) is 9.09. The molecule has 0 unspecified atom stereocenters. The summed E-state index contributed by atoms with van der Waals surface area (Å²) in [7, 11) is 0. The van der Waals surface area contributed by atoms with E-state index in [-0.39, 0.29) is 17.8 Å². The van der Waals surface area contributed by atoms with Gasteiger partial charge < -0.3 is 5.11 Å². The Morgan fingerprint density at radius 2 is 1.80 bits per heavy atom. The number of hydrazone groups is 1. The third-order valence-corrected chi connectivity index (χ3v) is 11.1. The lowest BCUT2D eigenvalue weighted by atomic mass is 9.47. The molecule has 0 aliphatic heterocycles. The number of nitrogens with zero attached hydrogens (tertiary/aromatic N) is 3. The maximum Gasteiger partial charge on any atom is 0.303 e. The van der Waals surface area contributed by atoms with Crippen LogP contribution in [0.1, 0.15) is 98.8 Å².